The average Bonchev–Trinajstić information content (AvgIpc) is 2.48. The smallest absolute Gasteiger partial charge is 0.410 e. The number of rotatable bonds is 11. The lowest BCUT2D eigenvalue weighted by molar-refractivity contribution is -0.172. The summed E-state index contributed by atoms with van der Waals surface area (Å²) in [6.45, 7) is 11.0. The van der Waals surface area contributed by atoms with Crippen molar-refractivity contribution >= 4 is 18.0 Å². The average molecular weight is 359 g/mol. The van der Waals surface area contributed by atoms with Crippen molar-refractivity contribution in [3.63, 3.8) is 0 Å². The number of carboxylic acids is 1. The number of ether oxygens (including phenoxy) is 2. The standard InChI is InChI=1S/C18H33NO6/c1-7-14(8-11(2)3)9-15(16(21)22)10-19-18(23)25-17(12(4)5)24-13(6)20/h11-12,14-15,17H,7-10H2,1-6H3,(H,19,23)(H,21,22)/t14-,15-,17-/m1/s1. The van der Waals surface area contributed by atoms with Crippen molar-refractivity contribution in [1.82, 2.24) is 5.32 Å². The van der Waals surface area contributed by atoms with Gasteiger partial charge in [0.05, 0.1) is 5.92 Å². The first-order valence-electron chi connectivity index (χ1n) is 8.91. The van der Waals surface area contributed by atoms with Gasteiger partial charge in [-0.1, -0.05) is 41.0 Å². The van der Waals surface area contributed by atoms with Crippen LogP contribution in [0.5, 0.6) is 0 Å². The minimum atomic E-state index is -0.995. The van der Waals surface area contributed by atoms with E-state index in [1.54, 1.807) is 13.8 Å². The van der Waals surface area contributed by atoms with Gasteiger partial charge >= 0.3 is 18.0 Å². The van der Waals surface area contributed by atoms with Crippen LogP contribution in [0.15, 0.2) is 0 Å². The second-order valence-corrected chi connectivity index (χ2v) is 7.18. The Labute approximate surface area is 150 Å². The van der Waals surface area contributed by atoms with E-state index in [9.17, 15) is 19.5 Å². The molecule has 0 saturated carbocycles. The lowest BCUT2D eigenvalue weighted by Gasteiger charge is -2.23. The molecule has 3 atom stereocenters. The maximum Gasteiger partial charge on any atom is 0.410 e. The fraction of sp³-hybridized carbons (Fsp3) is 0.833. The highest BCUT2D eigenvalue weighted by atomic mass is 16.7. The summed E-state index contributed by atoms with van der Waals surface area (Å²) in [7, 11) is 0. The molecule has 0 aliphatic heterocycles. The summed E-state index contributed by atoms with van der Waals surface area (Å²) in [4.78, 5) is 34.4. The Morgan fingerprint density at radius 2 is 1.64 bits per heavy atom. The first kappa shape index (κ1) is 23.2. The second-order valence-electron chi connectivity index (χ2n) is 7.18. The molecule has 2 N–H and O–H groups in total. The molecule has 0 saturated heterocycles. The molecule has 0 fully saturated rings. The number of amides is 1. The Hall–Kier alpha value is -1.79. The minimum absolute atomic E-state index is 0.0202. The maximum atomic E-state index is 11.9. The van der Waals surface area contributed by atoms with E-state index >= 15 is 0 Å². The number of aliphatic carboxylic acids is 1. The third-order valence-electron chi connectivity index (χ3n) is 3.89. The normalized spacial score (nSPS) is 14.7. The molecular weight excluding hydrogens is 326 g/mol. The fourth-order valence-corrected chi connectivity index (χ4v) is 2.58. The van der Waals surface area contributed by atoms with Gasteiger partial charge in [0.1, 0.15) is 0 Å². The van der Waals surface area contributed by atoms with Gasteiger partial charge in [0.15, 0.2) is 0 Å². The summed E-state index contributed by atoms with van der Waals surface area (Å²) >= 11 is 0. The molecule has 146 valence electrons. The number of hydrogen-bond donors (Lipinski definition) is 2. The van der Waals surface area contributed by atoms with Gasteiger partial charge in [-0.05, 0) is 24.7 Å². The van der Waals surface area contributed by atoms with E-state index in [0.717, 1.165) is 12.8 Å². The summed E-state index contributed by atoms with van der Waals surface area (Å²) in [5, 5.41) is 11.9. The van der Waals surface area contributed by atoms with Crippen molar-refractivity contribution in [2.24, 2.45) is 23.7 Å². The molecule has 7 heteroatoms. The number of carboxylic acid groups (broad SMARTS) is 1. The topological polar surface area (TPSA) is 102 Å². The van der Waals surface area contributed by atoms with Crippen LogP contribution in [0.25, 0.3) is 0 Å². The second kappa shape index (κ2) is 11.7. The summed E-state index contributed by atoms with van der Waals surface area (Å²) in [6, 6.07) is 0. The van der Waals surface area contributed by atoms with Gasteiger partial charge in [0, 0.05) is 19.4 Å². The highest BCUT2D eigenvalue weighted by Gasteiger charge is 2.25. The van der Waals surface area contributed by atoms with Crippen LogP contribution in [-0.4, -0.2) is 36.0 Å². The van der Waals surface area contributed by atoms with Gasteiger partial charge in [-0.25, -0.2) is 4.79 Å². The van der Waals surface area contributed by atoms with Gasteiger partial charge in [-0.2, -0.15) is 0 Å². The number of nitrogens with one attached hydrogen (secondary N) is 1. The number of carbonyl (C=O) groups excluding carboxylic acids is 2. The van der Waals surface area contributed by atoms with Gasteiger partial charge in [0.25, 0.3) is 6.29 Å². The monoisotopic (exact) mass is 359 g/mol. The van der Waals surface area contributed by atoms with E-state index in [-0.39, 0.29) is 12.5 Å². The molecule has 0 spiro atoms. The molecule has 0 aromatic carbocycles. The highest BCUT2D eigenvalue weighted by molar-refractivity contribution is 5.72. The summed E-state index contributed by atoms with van der Waals surface area (Å²) in [5.41, 5.74) is 0. The molecular formula is C18H33NO6. The summed E-state index contributed by atoms with van der Waals surface area (Å²) in [6.07, 6.45) is 0.566. The van der Waals surface area contributed by atoms with Crippen LogP contribution < -0.4 is 5.32 Å². The third kappa shape index (κ3) is 10.6. The molecule has 0 unspecified atom stereocenters. The van der Waals surface area contributed by atoms with E-state index in [1.165, 1.54) is 6.92 Å². The Bertz CT molecular complexity index is 435. The molecule has 0 bridgehead atoms. The molecule has 0 radical (unpaired) electrons. The number of carbonyl (C=O) groups is 3. The van der Waals surface area contributed by atoms with Gasteiger partial charge in [-0.15, -0.1) is 0 Å². The zero-order chi connectivity index (χ0) is 19.6. The van der Waals surface area contributed by atoms with Gasteiger partial charge in [-0.3, -0.25) is 9.59 Å². The molecule has 0 aromatic heterocycles. The van der Waals surface area contributed by atoms with Crippen LogP contribution in [0, 0.1) is 23.7 Å². The fourth-order valence-electron chi connectivity index (χ4n) is 2.58. The molecule has 0 heterocycles. The largest absolute Gasteiger partial charge is 0.481 e. The van der Waals surface area contributed by atoms with Crippen molar-refractivity contribution in [2.75, 3.05) is 6.54 Å². The Morgan fingerprint density at radius 1 is 1.04 bits per heavy atom. The minimum Gasteiger partial charge on any atom is -0.481 e. The quantitative estimate of drug-likeness (QED) is 0.433. The predicted octanol–water partition coefficient (Wildman–Crippen LogP) is 3.42. The van der Waals surface area contributed by atoms with Crippen molar-refractivity contribution in [2.45, 2.75) is 67.1 Å². The van der Waals surface area contributed by atoms with Crippen LogP contribution in [0.4, 0.5) is 4.79 Å². The number of esters is 1. The van der Waals surface area contributed by atoms with Crippen LogP contribution >= 0.6 is 0 Å². The zero-order valence-corrected chi connectivity index (χ0v) is 16.2. The number of alkyl carbamates (subject to hydrolysis) is 1. The lowest BCUT2D eigenvalue weighted by Crippen LogP contribution is -2.38. The lowest BCUT2D eigenvalue weighted by atomic mass is 9.86. The Kier molecular flexibility index (Phi) is 10.9. The van der Waals surface area contributed by atoms with E-state index in [2.05, 4.69) is 19.2 Å². The van der Waals surface area contributed by atoms with Gasteiger partial charge in [0.2, 0.25) is 0 Å². The van der Waals surface area contributed by atoms with Crippen molar-refractivity contribution in [3.8, 4) is 0 Å². The Balaban J connectivity index is 4.61. The molecule has 0 aliphatic rings. The van der Waals surface area contributed by atoms with Crippen molar-refractivity contribution < 1.29 is 29.0 Å². The molecule has 7 nitrogen and oxygen atoms in total. The SMILES string of the molecule is CC[C@H](CC(C)C)C[C@H](CNC(=O)O[C@@H](OC(C)=O)C(C)C)C(=O)O. The van der Waals surface area contributed by atoms with Crippen LogP contribution in [0.2, 0.25) is 0 Å². The summed E-state index contributed by atoms with van der Waals surface area (Å²) < 4.78 is 9.99. The van der Waals surface area contributed by atoms with Crippen molar-refractivity contribution in [1.29, 1.82) is 0 Å². The van der Waals surface area contributed by atoms with E-state index in [0.29, 0.717) is 18.3 Å². The first-order valence-corrected chi connectivity index (χ1v) is 8.91. The number of hydrogen-bond acceptors (Lipinski definition) is 5. The van der Waals surface area contributed by atoms with E-state index in [4.69, 9.17) is 9.47 Å². The van der Waals surface area contributed by atoms with Crippen LogP contribution in [0.3, 0.4) is 0 Å². The summed E-state index contributed by atoms with van der Waals surface area (Å²) in [5.74, 6) is -1.59. The molecule has 25 heavy (non-hydrogen) atoms. The first-order chi connectivity index (χ1) is 11.6. The van der Waals surface area contributed by atoms with Crippen LogP contribution in [0.1, 0.15) is 60.8 Å². The van der Waals surface area contributed by atoms with E-state index in [1.807, 2.05) is 6.92 Å². The zero-order valence-electron chi connectivity index (χ0n) is 16.2. The molecule has 0 rings (SSSR count). The highest BCUT2D eigenvalue weighted by Crippen LogP contribution is 2.23. The third-order valence-corrected chi connectivity index (χ3v) is 3.89. The van der Waals surface area contributed by atoms with Gasteiger partial charge < -0.3 is 19.9 Å². The maximum absolute atomic E-state index is 11.9. The van der Waals surface area contributed by atoms with Crippen molar-refractivity contribution in [3.05, 3.63) is 0 Å². The molecule has 1 amide bonds. The van der Waals surface area contributed by atoms with Crippen LogP contribution in [-0.2, 0) is 19.1 Å². The van der Waals surface area contributed by atoms with E-state index < -0.39 is 30.2 Å². The predicted molar refractivity (Wildman–Crippen MR) is 93.9 cm³/mol. The molecule has 0 aliphatic carbocycles. The Morgan fingerprint density at radius 3 is 2.04 bits per heavy atom. The molecule has 0 aromatic rings.